The van der Waals surface area contributed by atoms with E-state index >= 15 is 0 Å². The van der Waals surface area contributed by atoms with Gasteiger partial charge in [-0.1, -0.05) is 12.1 Å². The average Bonchev–Trinajstić information content (AvgIpc) is 2.30. The van der Waals surface area contributed by atoms with Crippen LogP contribution in [0.4, 0.5) is 4.39 Å². The van der Waals surface area contributed by atoms with Gasteiger partial charge in [0.25, 0.3) is 0 Å². The number of piperidine rings is 1. The van der Waals surface area contributed by atoms with Crippen LogP contribution >= 0.6 is 12.4 Å². The maximum absolute atomic E-state index is 14.4. The molecular weight excluding hydrogens is 227 g/mol. The third-order valence-corrected chi connectivity index (χ3v) is 2.93. The summed E-state index contributed by atoms with van der Waals surface area (Å²) in [5.41, 5.74) is 0.0680. The van der Waals surface area contributed by atoms with Gasteiger partial charge in [-0.05, 0) is 43.6 Å². The van der Waals surface area contributed by atoms with E-state index in [2.05, 4.69) is 5.32 Å². The topological polar surface area (TPSA) is 35.8 Å². The number of hydrogen-bond acceptors (Lipinski definition) is 2. The Hall–Kier alpha value is -1.11. The maximum Gasteiger partial charge on any atom is 0.138 e. The lowest BCUT2D eigenvalue weighted by Crippen LogP contribution is -2.36. The molecule has 1 aliphatic heterocycles. The van der Waals surface area contributed by atoms with Crippen molar-refractivity contribution in [3.63, 3.8) is 0 Å². The summed E-state index contributed by atoms with van der Waals surface area (Å²) in [6.07, 6.45) is 1.03. The lowest BCUT2D eigenvalue weighted by atomic mass is 9.86. The highest BCUT2D eigenvalue weighted by Gasteiger charge is 2.33. The smallest absolute Gasteiger partial charge is 0.138 e. The Morgan fingerprint density at radius 1 is 1.19 bits per heavy atom. The summed E-state index contributed by atoms with van der Waals surface area (Å²) in [6, 6.07) is 8.85. The summed E-state index contributed by atoms with van der Waals surface area (Å²) in [7, 11) is 0. The Balaban J connectivity index is 0.00000128. The van der Waals surface area contributed by atoms with Crippen molar-refractivity contribution in [1.82, 2.24) is 5.32 Å². The van der Waals surface area contributed by atoms with Crippen LogP contribution in [0, 0.1) is 11.3 Å². The molecule has 16 heavy (non-hydrogen) atoms. The fourth-order valence-corrected chi connectivity index (χ4v) is 1.96. The second-order valence-corrected chi connectivity index (χ2v) is 3.90. The molecular formula is C12H14ClFN2. The Morgan fingerprint density at radius 3 is 2.25 bits per heavy atom. The zero-order chi connectivity index (χ0) is 10.7. The molecule has 86 valence electrons. The number of rotatable bonds is 1. The van der Waals surface area contributed by atoms with Gasteiger partial charge in [0.2, 0.25) is 0 Å². The molecule has 0 amide bonds. The van der Waals surface area contributed by atoms with Gasteiger partial charge in [0, 0.05) is 0 Å². The minimum Gasteiger partial charge on any atom is -0.316 e. The summed E-state index contributed by atoms with van der Waals surface area (Å²) in [5, 5.41) is 11.8. The number of nitrogens with one attached hydrogen (secondary N) is 1. The molecule has 0 bridgehead atoms. The van der Waals surface area contributed by atoms with E-state index in [-0.39, 0.29) is 12.4 Å². The number of halogens is 2. The second kappa shape index (κ2) is 5.29. The van der Waals surface area contributed by atoms with Gasteiger partial charge in [0.05, 0.1) is 11.6 Å². The van der Waals surface area contributed by atoms with Gasteiger partial charge in [0.1, 0.15) is 5.67 Å². The molecule has 1 saturated heterocycles. The van der Waals surface area contributed by atoms with Crippen LogP contribution in [0.2, 0.25) is 0 Å². The van der Waals surface area contributed by atoms with Gasteiger partial charge in [-0.3, -0.25) is 0 Å². The molecule has 0 atom stereocenters. The third-order valence-electron chi connectivity index (χ3n) is 2.93. The molecule has 0 aromatic heterocycles. The Labute approximate surface area is 101 Å². The van der Waals surface area contributed by atoms with E-state index in [1.807, 2.05) is 6.07 Å². The summed E-state index contributed by atoms with van der Waals surface area (Å²) in [6.45, 7) is 1.44. The monoisotopic (exact) mass is 240 g/mol. The molecule has 0 unspecified atom stereocenters. The van der Waals surface area contributed by atoms with Crippen molar-refractivity contribution < 1.29 is 4.39 Å². The lowest BCUT2D eigenvalue weighted by Gasteiger charge is -2.30. The number of alkyl halides is 1. The van der Waals surface area contributed by atoms with Crippen molar-refractivity contribution in [2.45, 2.75) is 18.5 Å². The van der Waals surface area contributed by atoms with Crippen molar-refractivity contribution in [2.75, 3.05) is 13.1 Å². The van der Waals surface area contributed by atoms with Gasteiger partial charge in [0.15, 0.2) is 0 Å². The average molecular weight is 241 g/mol. The van der Waals surface area contributed by atoms with Crippen LogP contribution in [0.15, 0.2) is 24.3 Å². The summed E-state index contributed by atoms with van der Waals surface area (Å²) >= 11 is 0. The minimum absolute atomic E-state index is 0. The molecule has 1 aromatic carbocycles. The first-order valence-corrected chi connectivity index (χ1v) is 5.15. The van der Waals surface area contributed by atoms with Crippen LogP contribution in [0.25, 0.3) is 0 Å². The standard InChI is InChI=1S/C12H13FN2.ClH/c13-12(5-7-15-8-6-12)11-3-1-10(9-14)2-4-11;/h1-4,15H,5-8H2;1H. The van der Waals surface area contributed by atoms with Crippen molar-refractivity contribution >= 4 is 12.4 Å². The zero-order valence-corrected chi connectivity index (χ0v) is 9.69. The van der Waals surface area contributed by atoms with E-state index in [4.69, 9.17) is 5.26 Å². The van der Waals surface area contributed by atoms with Gasteiger partial charge in [-0.2, -0.15) is 5.26 Å². The van der Waals surface area contributed by atoms with Crippen molar-refractivity contribution in [3.05, 3.63) is 35.4 Å². The first kappa shape index (κ1) is 13.0. The van der Waals surface area contributed by atoms with Crippen LogP contribution in [0.5, 0.6) is 0 Å². The third kappa shape index (κ3) is 2.52. The molecule has 4 heteroatoms. The highest BCUT2D eigenvalue weighted by atomic mass is 35.5. The van der Waals surface area contributed by atoms with Gasteiger partial charge < -0.3 is 5.32 Å². The quantitative estimate of drug-likeness (QED) is 0.819. The van der Waals surface area contributed by atoms with E-state index in [9.17, 15) is 4.39 Å². The Bertz CT molecular complexity index is 377. The summed E-state index contributed by atoms with van der Waals surface area (Å²) < 4.78 is 14.4. The fraction of sp³-hybridized carbons (Fsp3) is 0.417. The van der Waals surface area contributed by atoms with Gasteiger partial charge >= 0.3 is 0 Å². The molecule has 1 heterocycles. The molecule has 2 nitrogen and oxygen atoms in total. The highest BCUT2D eigenvalue weighted by Crippen LogP contribution is 2.34. The largest absolute Gasteiger partial charge is 0.316 e. The molecule has 1 aromatic rings. The van der Waals surface area contributed by atoms with E-state index in [1.165, 1.54) is 0 Å². The first-order chi connectivity index (χ1) is 7.24. The first-order valence-electron chi connectivity index (χ1n) is 5.15. The molecule has 0 spiro atoms. The van der Waals surface area contributed by atoms with Crippen LogP contribution in [-0.2, 0) is 5.67 Å². The number of hydrogen-bond donors (Lipinski definition) is 1. The molecule has 1 fully saturated rings. The van der Waals surface area contributed by atoms with E-state index in [0.717, 1.165) is 13.1 Å². The number of nitriles is 1. The Kier molecular flexibility index (Phi) is 4.28. The summed E-state index contributed by atoms with van der Waals surface area (Å²) in [4.78, 5) is 0. The predicted molar refractivity (Wildman–Crippen MR) is 63.3 cm³/mol. The highest BCUT2D eigenvalue weighted by molar-refractivity contribution is 5.85. The number of nitrogens with zero attached hydrogens (tertiary/aromatic N) is 1. The zero-order valence-electron chi connectivity index (χ0n) is 8.87. The van der Waals surface area contributed by atoms with Crippen molar-refractivity contribution in [2.24, 2.45) is 0 Å². The van der Waals surface area contributed by atoms with E-state index in [1.54, 1.807) is 24.3 Å². The predicted octanol–water partition coefficient (Wildman–Crippen LogP) is 2.53. The maximum atomic E-state index is 14.4. The second-order valence-electron chi connectivity index (χ2n) is 3.90. The van der Waals surface area contributed by atoms with Crippen LogP contribution in [0.1, 0.15) is 24.0 Å². The fourth-order valence-electron chi connectivity index (χ4n) is 1.96. The lowest BCUT2D eigenvalue weighted by molar-refractivity contribution is 0.115. The van der Waals surface area contributed by atoms with Crippen LogP contribution in [-0.4, -0.2) is 13.1 Å². The SMILES string of the molecule is Cl.N#Cc1ccc(C2(F)CCNCC2)cc1. The minimum atomic E-state index is -1.21. The molecule has 0 saturated carbocycles. The van der Waals surface area contributed by atoms with E-state index in [0.29, 0.717) is 24.0 Å². The number of benzene rings is 1. The Morgan fingerprint density at radius 2 is 1.75 bits per heavy atom. The normalized spacial score (nSPS) is 18.2. The van der Waals surface area contributed by atoms with E-state index < -0.39 is 5.67 Å². The van der Waals surface area contributed by atoms with Gasteiger partial charge in [-0.25, -0.2) is 4.39 Å². The van der Waals surface area contributed by atoms with Crippen molar-refractivity contribution in [3.8, 4) is 6.07 Å². The van der Waals surface area contributed by atoms with Gasteiger partial charge in [-0.15, -0.1) is 12.4 Å². The molecule has 0 aliphatic carbocycles. The molecule has 0 radical (unpaired) electrons. The van der Waals surface area contributed by atoms with Crippen LogP contribution in [0.3, 0.4) is 0 Å². The van der Waals surface area contributed by atoms with Crippen molar-refractivity contribution in [1.29, 1.82) is 5.26 Å². The molecule has 1 N–H and O–H groups in total. The summed E-state index contributed by atoms with van der Waals surface area (Å²) in [5.74, 6) is 0. The molecule has 2 rings (SSSR count). The van der Waals surface area contributed by atoms with Crippen LogP contribution < -0.4 is 5.32 Å². The molecule has 1 aliphatic rings.